The Balaban J connectivity index is 1.64. The molecule has 1 aromatic heterocycles. The molecule has 21 heavy (non-hydrogen) atoms. The van der Waals surface area contributed by atoms with Gasteiger partial charge in [0.05, 0.1) is 9.83 Å². The molecule has 1 aromatic carbocycles. The first kappa shape index (κ1) is 14.9. The van der Waals surface area contributed by atoms with Gasteiger partial charge < -0.3 is 14.8 Å². The minimum atomic E-state index is 0.308. The number of halogens is 1. The van der Waals surface area contributed by atoms with E-state index in [9.17, 15) is 0 Å². The number of rotatable bonds is 6. The van der Waals surface area contributed by atoms with Crippen molar-refractivity contribution in [2.24, 2.45) is 0 Å². The summed E-state index contributed by atoms with van der Waals surface area (Å²) in [5, 5.41) is 3.50. The standard InChI is InChI=1S/C16H18BrNO2S/c1-2-7-18-14-10-20-15-8-11(3-5-13(14)15)19-9-12-4-6-16(17)21-12/h3-6,8,14,18H,2,7,9-10H2,1H3. The highest BCUT2D eigenvalue weighted by atomic mass is 79.9. The summed E-state index contributed by atoms with van der Waals surface area (Å²) in [4.78, 5) is 1.20. The number of hydrogen-bond acceptors (Lipinski definition) is 4. The van der Waals surface area contributed by atoms with Crippen LogP contribution in [-0.4, -0.2) is 13.2 Å². The van der Waals surface area contributed by atoms with Crippen molar-refractivity contribution in [2.45, 2.75) is 26.0 Å². The van der Waals surface area contributed by atoms with Gasteiger partial charge in [0.1, 0.15) is 24.7 Å². The van der Waals surface area contributed by atoms with E-state index in [4.69, 9.17) is 9.47 Å². The minimum absolute atomic E-state index is 0.308. The molecule has 0 saturated carbocycles. The third-order valence-corrected chi connectivity index (χ3v) is 5.01. The molecule has 0 amide bonds. The van der Waals surface area contributed by atoms with Gasteiger partial charge in [-0.3, -0.25) is 0 Å². The van der Waals surface area contributed by atoms with Gasteiger partial charge in [-0.05, 0) is 53.2 Å². The fourth-order valence-corrected chi connectivity index (χ4v) is 3.75. The predicted octanol–water partition coefficient (Wildman–Crippen LogP) is 4.52. The van der Waals surface area contributed by atoms with Crippen LogP contribution in [0.2, 0.25) is 0 Å². The predicted molar refractivity (Wildman–Crippen MR) is 89.3 cm³/mol. The van der Waals surface area contributed by atoms with E-state index in [1.807, 2.05) is 18.2 Å². The number of nitrogens with one attached hydrogen (secondary N) is 1. The van der Waals surface area contributed by atoms with Crippen LogP contribution in [0.1, 0.15) is 29.8 Å². The van der Waals surface area contributed by atoms with Crippen molar-refractivity contribution in [3.8, 4) is 11.5 Å². The number of thiophene rings is 1. The Kier molecular flexibility index (Phi) is 4.83. The van der Waals surface area contributed by atoms with E-state index in [0.717, 1.165) is 28.3 Å². The average Bonchev–Trinajstić information content (AvgIpc) is 3.09. The van der Waals surface area contributed by atoms with Crippen molar-refractivity contribution < 1.29 is 9.47 Å². The Labute approximate surface area is 137 Å². The van der Waals surface area contributed by atoms with E-state index in [1.165, 1.54) is 10.4 Å². The lowest BCUT2D eigenvalue weighted by atomic mass is 10.1. The summed E-state index contributed by atoms with van der Waals surface area (Å²) in [6, 6.07) is 10.5. The summed E-state index contributed by atoms with van der Waals surface area (Å²) >= 11 is 5.15. The molecule has 1 atom stereocenters. The highest BCUT2D eigenvalue weighted by Crippen LogP contribution is 2.35. The Hall–Kier alpha value is -1.04. The van der Waals surface area contributed by atoms with Gasteiger partial charge >= 0.3 is 0 Å². The zero-order valence-electron chi connectivity index (χ0n) is 11.9. The monoisotopic (exact) mass is 367 g/mol. The van der Waals surface area contributed by atoms with E-state index < -0.39 is 0 Å². The van der Waals surface area contributed by atoms with E-state index in [2.05, 4.69) is 40.3 Å². The summed E-state index contributed by atoms with van der Waals surface area (Å²) in [6.45, 7) is 4.48. The first-order valence-corrected chi connectivity index (χ1v) is 8.74. The van der Waals surface area contributed by atoms with Crippen LogP contribution in [0.4, 0.5) is 0 Å². The van der Waals surface area contributed by atoms with Crippen LogP contribution in [0.25, 0.3) is 0 Å². The summed E-state index contributed by atoms with van der Waals surface area (Å²) in [5.41, 5.74) is 1.23. The van der Waals surface area contributed by atoms with Crippen LogP contribution in [0.15, 0.2) is 34.1 Å². The molecular weight excluding hydrogens is 350 g/mol. The lowest BCUT2D eigenvalue weighted by Crippen LogP contribution is -2.22. The summed E-state index contributed by atoms with van der Waals surface area (Å²) in [7, 11) is 0. The molecule has 3 rings (SSSR count). The molecule has 0 radical (unpaired) electrons. The van der Waals surface area contributed by atoms with Crippen molar-refractivity contribution in [3.63, 3.8) is 0 Å². The van der Waals surface area contributed by atoms with E-state index in [0.29, 0.717) is 19.3 Å². The second kappa shape index (κ2) is 6.81. The maximum absolute atomic E-state index is 5.84. The topological polar surface area (TPSA) is 30.5 Å². The van der Waals surface area contributed by atoms with Crippen LogP contribution < -0.4 is 14.8 Å². The maximum Gasteiger partial charge on any atom is 0.128 e. The van der Waals surface area contributed by atoms with Crippen molar-refractivity contribution >= 4 is 27.3 Å². The maximum atomic E-state index is 5.84. The van der Waals surface area contributed by atoms with E-state index in [-0.39, 0.29) is 0 Å². The summed E-state index contributed by atoms with van der Waals surface area (Å²) in [6.07, 6.45) is 1.13. The second-order valence-electron chi connectivity index (χ2n) is 5.01. The zero-order chi connectivity index (χ0) is 14.7. The zero-order valence-corrected chi connectivity index (χ0v) is 14.3. The van der Waals surface area contributed by atoms with Gasteiger partial charge in [0.15, 0.2) is 0 Å². The van der Waals surface area contributed by atoms with Crippen molar-refractivity contribution in [2.75, 3.05) is 13.2 Å². The van der Waals surface area contributed by atoms with Gasteiger partial charge in [0.2, 0.25) is 0 Å². The molecule has 1 N–H and O–H groups in total. The summed E-state index contributed by atoms with van der Waals surface area (Å²) < 4.78 is 12.7. The molecule has 112 valence electrons. The fraction of sp³-hybridized carbons (Fsp3) is 0.375. The van der Waals surface area contributed by atoms with Gasteiger partial charge in [0.25, 0.3) is 0 Å². The lowest BCUT2D eigenvalue weighted by molar-refractivity contribution is 0.299. The molecular formula is C16H18BrNO2S. The fourth-order valence-electron chi connectivity index (χ4n) is 2.35. The molecule has 2 heterocycles. The third-order valence-electron chi connectivity index (χ3n) is 3.42. The smallest absolute Gasteiger partial charge is 0.128 e. The highest BCUT2D eigenvalue weighted by Gasteiger charge is 2.23. The summed E-state index contributed by atoms with van der Waals surface area (Å²) in [5.74, 6) is 1.79. The van der Waals surface area contributed by atoms with Crippen molar-refractivity contribution in [1.82, 2.24) is 5.32 Å². The van der Waals surface area contributed by atoms with Gasteiger partial charge in [-0.15, -0.1) is 11.3 Å². The molecule has 3 nitrogen and oxygen atoms in total. The molecule has 1 aliphatic rings. The van der Waals surface area contributed by atoms with E-state index >= 15 is 0 Å². The van der Waals surface area contributed by atoms with E-state index in [1.54, 1.807) is 11.3 Å². The van der Waals surface area contributed by atoms with Crippen LogP contribution in [0, 0.1) is 0 Å². The minimum Gasteiger partial charge on any atom is -0.491 e. The first-order chi connectivity index (χ1) is 10.3. The average molecular weight is 368 g/mol. The molecule has 0 aliphatic carbocycles. The number of ether oxygens (including phenoxy) is 2. The third kappa shape index (κ3) is 3.59. The van der Waals surface area contributed by atoms with Crippen molar-refractivity contribution in [1.29, 1.82) is 0 Å². The largest absolute Gasteiger partial charge is 0.491 e. The molecule has 0 fully saturated rings. The van der Waals surface area contributed by atoms with Gasteiger partial charge in [-0.2, -0.15) is 0 Å². The SMILES string of the molecule is CCCNC1COc2cc(OCc3ccc(Br)s3)ccc21. The highest BCUT2D eigenvalue weighted by molar-refractivity contribution is 9.11. The number of hydrogen-bond donors (Lipinski definition) is 1. The Morgan fingerprint density at radius 3 is 3.05 bits per heavy atom. The van der Waals surface area contributed by atoms with Gasteiger partial charge in [-0.25, -0.2) is 0 Å². The molecule has 0 bridgehead atoms. The Morgan fingerprint density at radius 2 is 2.29 bits per heavy atom. The number of benzene rings is 1. The Morgan fingerprint density at radius 1 is 1.38 bits per heavy atom. The van der Waals surface area contributed by atoms with Gasteiger partial charge in [0, 0.05) is 16.5 Å². The molecule has 0 saturated heterocycles. The van der Waals surface area contributed by atoms with Crippen LogP contribution >= 0.6 is 27.3 Å². The molecule has 1 unspecified atom stereocenters. The Bertz CT molecular complexity index is 614. The molecule has 2 aromatic rings. The number of fused-ring (bicyclic) bond motifs is 1. The lowest BCUT2D eigenvalue weighted by Gasteiger charge is -2.10. The van der Waals surface area contributed by atoms with Crippen LogP contribution in [-0.2, 0) is 6.61 Å². The first-order valence-electron chi connectivity index (χ1n) is 7.13. The quantitative estimate of drug-likeness (QED) is 0.813. The van der Waals surface area contributed by atoms with Gasteiger partial charge in [-0.1, -0.05) is 6.92 Å². The molecule has 5 heteroatoms. The van der Waals surface area contributed by atoms with Crippen LogP contribution in [0.5, 0.6) is 11.5 Å². The normalized spacial score (nSPS) is 16.6. The van der Waals surface area contributed by atoms with Crippen LogP contribution in [0.3, 0.4) is 0 Å². The second-order valence-corrected chi connectivity index (χ2v) is 7.56. The molecule has 0 spiro atoms. The molecule has 1 aliphatic heterocycles. The van der Waals surface area contributed by atoms with Crippen molar-refractivity contribution in [3.05, 3.63) is 44.6 Å².